The van der Waals surface area contributed by atoms with Crippen molar-refractivity contribution in [1.29, 1.82) is 0 Å². The van der Waals surface area contributed by atoms with Gasteiger partial charge in [-0.1, -0.05) is 6.92 Å². The number of amides is 2. The van der Waals surface area contributed by atoms with Crippen molar-refractivity contribution < 1.29 is 9.59 Å². The fourth-order valence-electron chi connectivity index (χ4n) is 2.80. The molecule has 1 saturated heterocycles. The van der Waals surface area contributed by atoms with E-state index in [-0.39, 0.29) is 11.9 Å². The second-order valence-corrected chi connectivity index (χ2v) is 5.36. The number of rotatable bonds is 3. The second kappa shape index (κ2) is 6.05. The quantitative estimate of drug-likeness (QED) is 0.861. The van der Waals surface area contributed by atoms with Crippen molar-refractivity contribution in [3.8, 4) is 0 Å². The van der Waals surface area contributed by atoms with Crippen LogP contribution in [0.3, 0.4) is 0 Å². The van der Waals surface area contributed by atoms with Gasteiger partial charge in [0.05, 0.1) is 0 Å². The summed E-state index contributed by atoms with van der Waals surface area (Å²) in [5.41, 5.74) is 12.0. The third kappa shape index (κ3) is 2.82. The molecule has 1 aliphatic heterocycles. The van der Waals surface area contributed by atoms with E-state index in [1.165, 1.54) is 0 Å². The predicted octanol–water partition coefficient (Wildman–Crippen LogP) is 0.985. The minimum atomic E-state index is -0.490. The lowest BCUT2D eigenvalue weighted by atomic mass is 9.90. The Balaban J connectivity index is 2.19. The van der Waals surface area contributed by atoms with Crippen molar-refractivity contribution in [2.45, 2.75) is 25.8 Å². The molecule has 0 radical (unpaired) electrons. The molecule has 1 aliphatic rings. The first-order valence-electron chi connectivity index (χ1n) is 6.95. The van der Waals surface area contributed by atoms with Crippen LogP contribution in [-0.4, -0.2) is 35.8 Å². The third-order valence-corrected chi connectivity index (χ3v) is 4.03. The van der Waals surface area contributed by atoms with Gasteiger partial charge < -0.3 is 16.4 Å². The van der Waals surface area contributed by atoms with Gasteiger partial charge in [-0.05, 0) is 43.0 Å². The zero-order valence-corrected chi connectivity index (χ0v) is 11.7. The van der Waals surface area contributed by atoms with E-state index in [1.807, 2.05) is 4.90 Å². The molecule has 1 fully saturated rings. The molecule has 0 aliphatic carbocycles. The SMILES string of the molecule is CC1CCCN(C(=O)c2ccc(C(N)=O)cc2)C1CN. The van der Waals surface area contributed by atoms with Crippen LogP contribution in [0.2, 0.25) is 0 Å². The van der Waals surface area contributed by atoms with Crippen LogP contribution in [0.4, 0.5) is 0 Å². The Labute approximate surface area is 118 Å². The van der Waals surface area contributed by atoms with Gasteiger partial charge in [0.25, 0.3) is 5.91 Å². The lowest BCUT2D eigenvalue weighted by Gasteiger charge is -2.39. The fourth-order valence-corrected chi connectivity index (χ4v) is 2.80. The van der Waals surface area contributed by atoms with Crippen LogP contribution in [0.15, 0.2) is 24.3 Å². The summed E-state index contributed by atoms with van der Waals surface area (Å²) in [6.45, 7) is 3.35. The molecule has 5 nitrogen and oxygen atoms in total. The molecular formula is C15H21N3O2. The zero-order chi connectivity index (χ0) is 14.7. The average molecular weight is 275 g/mol. The first-order chi connectivity index (χ1) is 9.54. The number of primary amides is 1. The van der Waals surface area contributed by atoms with Crippen LogP contribution in [-0.2, 0) is 0 Å². The molecule has 1 aromatic carbocycles. The van der Waals surface area contributed by atoms with Crippen molar-refractivity contribution >= 4 is 11.8 Å². The normalized spacial score (nSPS) is 22.6. The summed E-state index contributed by atoms with van der Waals surface area (Å²) in [6.07, 6.45) is 2.11. The Hall–Kier alpha value is -1.88. The predicted molar refractivity (Wildman–Crippen MR) is 77.2 cm³/mol. The molecule has 20 heavy (non-hydrogen) atoms. The lowest BCUT2D eigenvalue weighted by molar-refractivity contribution is 0.0532. The maximum absolute atomic E-state index is 12.5. The molecule has 2 rings (SSSR count). The van der Waals surface area contributed by atoms with Crippen LogP contribution >= 0.6 is 0 Å². The largest absolute Gasteiger partial charge is 0.366 e. The maximum atomic E-state index is 12.5. The third-order valence-electron chi connectivity index (χ3n) is 4.03. The number of likely N-dealkylation sites (tertiary alicyclic amines) is 1. The number of hydrogen-bond donors (Lipinski definition) is 2. The molecule has 4 N–H and O–H groups in total. The summed E-state index contributed by atoms with van der Waals surface area (Å²) < 4.78 is 0. The van der Waals surface area contributed by atoms with E-state index in [4.69, 9.17) is 11.5 Å². The van der Waals surface area contributed by atoms with Gasteiger partial charge in [-0.3, -0.25) is 9.59 Å². The number of piperidine rings is 1. The minimum absolute atomic E-state index is 0.0250. The summed E-state index contributed by atoms with van der Waals surface area (Å²) in [7, 11) is 0. The standard InChI is InChI=1S/C15H21N3O2/c1-10-3-2-8-18(13(10)9-16)15(20)12-6-4-11(5-7-12)14(17)19/h4-7,10,13H,2-3,8-9,16H2,1H3,(H2,17,19). The number of hydrogen-bond acceptors (Lipinski definition) is 3. The fraction of sp³-hybridized carbons (Fsp3) is 0.467. The van der Waals surface area contributed by atoms with Crippen LogP contribution < -0.4 is 11.5 Å². The van der Waals surface area contributed by atoms with Crippen molar-refractivity contribution in [2.75, 3.05) is 13.1 Å². The number of carbonyl (C=O) groups excluding carboxylic acids is 2. The van der Waals surface area contributed by atoms with Gasteiger partial charge in [0, 0.05) is 30.3 Å². The molecule has 0 saturated carbocycles. The number of benzene rings is 1. The van der Waals surface area contributed by atoms with Crippen molar-refractivity contribution in [3.63, 3.8) is 0 Å². The van der Waals surface area contributed by atoms with Crippen LogP contribution in [0.1, 0.15) is 40.5 Å². The molecule has 2 unspecified atom stereocenters. The first kappa shape index (κ1) is 14.5. The molecule has 1 heterocycles. The summed E-state index contributed by atoms with van der Waals surface area (Å²) in [5, 5.41) is 0. The van der Waals surface area contributed by atoms with Gasteiger partial charge >= 0.3 is 0 Å². The number of nitrogens with two attached hydrogens (primary N) is 2. The van der Waals surface area contributed by atoms with Gasteiger partial charge in [0.15, 0.2) is 0 Å². The highest BCUT2D eigenvalue weighted by Gasteiger charge is 2.31. The molecule has 0 bridgehead atoms. The van der Waals surface area contributed by atoms with Crippen molar-refractivity contribution in [2.24, 2.45) is 17.4 Å². The molecule has 108 valence electrons. The molecule has 2 atom stereocenters. The summed E-state index contributed by atoms with van der Waals surface area (Å²) in [5.74, 6) is -0.0963. The Morgan fingerprint density at radius 3 is 2.40 bits per heavy atom. The Kier molecular flexibility index (Phi) is 4.39. The highest BCUT2D eigenvalue weighted by molar-refractivity contribution is 5.97. The second-order valence-electron chi connectivity index (χ2n) is 5.36. The van der Waals surface area contributed by atoms with Crippen LogP contribution in [0, 0.1) is 5.92 Å². The van der Waals surface area contributed by atoms with Gasteiger partial charge in [-0.25, -0.2) is 0 Å². The monoisotopic (exact) mass is 275 g/mol. The maximum Gasteiger partial charge on any atom is 0.254 e. The highest BCUT2D eigenvalue weighted by atomic mass is 16.2. The van der Waals surface area contributed by atoms with Crippen molar-refractivity contribution in [3.05, 3.63) is 35.4 Å². The van der Waals surface area contributed by atoms with E-state index in [1.54, 1.807) is 24.3 Å². The smallest absolute Gasteiger partial charge is 0.254 e. The van der Waals surface area contributed by atoms with Crippen LogP contribution in [0.5, 0.6) is 0 Å². The summed E-state index contributed by atoms with van der Waals surface area (Å²) in [6, 6.07) is 6.55. The van der Waals surface area contributed by atoms with Gasteiger partial charge in [0.1, 0.15) is 0 Å². The van der Waals surface area contributed by atoms with Crippen LogP contribution in [0.25, 0.3) is 0 Å². The van der Waals surface area contributed by atoms with E-state index in [2.05, 4.69) is 6.92 Å². The Morgan fingerprint density at radius 1 is 1.25 bits per heavy atom. The molecule has 1 aromatic rings. The van der Waals surface area contributed by atoms with E-state index in [9.17, 15) is 9.59 Å². The number of carbonyl (C=O) groups is 2. The summed E-state index contributed by atoms with van der Waals surface area (Å²) in [4.78, 5) is 25.4. The minimum Gasteiger partial charge on any atom is -0.366 e. The first-order valence-corrected chi connectivity index (χ1v) is 6.95. The Bertz CT molecular complexity index is 498. The van der Waals surface area contributed by atoms with Gasteiger partial charge in [-0.15, -0.1) is 0 Å². The molecular weight excluding hydrogens is 254 g/mol. The molecule has 2 amide bonds. The average Bonchev–Trinajstić information content (AvgIpc) is 2.46. The zero-order valence-electron chi connectivity index (χ0n) is 11.7. The molecule has 0 aromatic heterocycles. The lowest BCUT2D eigenvalue weighted by Crippen LogP contribution is -2.51. The van der Waals surface area contributed by atoms with Gasteiger partial charge in [0.2, 0.25) is 5.91 Å². The topological polar surface area (TPSA) is 89.4 Å². The highest BCUT2D eigenvalue weighted by Crippen LogP contribution is 2.24. The number of nitrogens with zero attached hydrogens (tertiary/aromatic N) is 1. The van der Waals surface area contributed by atoms with E-state index in [0.29, 0.717) is 23.6 Å². The van der Waals surface area contributed by atoms with Gasteiger partial charge in [-0.2, -0.15) is 0 Å². The van der Waals surface area contributed by atoms with E-state index >= 15 is 0 Å². The van der Waals surface area contributed by atoms with E-state index < -0.39 is 5.91 Å². The van der Waals surface area contributed by atoms with E-state index in [0.717, 1.165) is 19.4 Å². The summed E-state index contributed by atoms with van der Waals surface area (Å²) >= 11 is 0. The van der Waals surface area contributed by atoms with Crippen molar-refractivity contribution in [1.82, 2.24) is 4.90 Å². The molecule has 0 spiro atoms. The molecule has 5 heteroatoms. The Morgan fingerprint density at radius 2 is 1.85 bits per heavy atom.